The van der Waals surface area contributed by atoms with E-state index in [-0.39, 0.29) is 11.9 Å². The third-order valence-corrected chi connectivity index (χ3v) is 1.63. The summed E-state index contributed by atoms with van der Waals surface area (Å²) < 4.78 is 0. The monoisotopic (exact) mass is 200 g/mol. The molecule has 0 rings (SSSR count). The highest BCUT2D eigenvalue weighted by Gasteiger charge is 2.11. The van der Waals surface area contributed by atoms with Crippen molar-refractivity contribution in [1.82, 2.24) is 10.6 Å². The molecule has 7 N–H and O–H groups in total. The van der Waals surface area contributed by atoms with Gasteiger partial charge in [0.2, 0.25) is 5.91 Å². The third-order valence-electron chi connectivity index (χ3n) is 1.63. The maximum atomic E-state index is 11.1. The number of rotatable bonds is 6. The number of guanidine groups is 1. The van der Waals surface area contributed by atoms with Crippen LogP contribution in [-0.2, 0) is 4.79 Å². The quantitative estimate of drug-likeness (QED) is 0.212. The van der Waals surface area contributed by atoms with E-state index in [9.17, 15) is 4.79 Å². The maximum absolute atomic E-state index is 11.1. The molecule has 14 heavy (non-hydrogen) atoms. The van der Waals surface area contributed by atoms with Crippen molar-refractivity contribution in [3.63, 3.8) is 0 Å². The van der Waals surface area contributed by atoms with Gasteiger partial charge in [-0.1, -0.05) is 0 Å². The number of hydrogen-bond acceptors (Lipinski definition) is 3. The molecule has 0 aliphatic carbocycles. The second-order valence-corrected chi connectivity index (χ2v) is 2.89. The van der Waals surface area contributed by atoms with Gasteiger partial charge in [-0.3, -0.25) is 10.2 Å². The van der Waals surface area contributed by atoms with E-state index in [4.69, 9.17) is 16.9 Å². The highest BCUT2D eigenvalue weighted by molar-refractivity contribution is 5.81. The number of nitrogens with two attached hydrogens (primary N) is 2. The van der Waals surface area contributed by atoms with Gasteiger partial charge >= 0.3 is 0 Å². The maximum Gasteiger partial charge on any atom is 0.237 e. The Bertz CT molecular complexity index is 194. The van der Waals surface area contributed by atoms with E-state index in [1.807, 2.05) is 0 Å². The fraction of sp³-hybridized carbons (Fsp3) is 0.625. The molecule has 0 aromatic heterocycles. The molecule has 1 radical (unpaired) electrons. The number of nitrogens with one attached hydrogen (secondary N) is 3. The molecule has 0 spiro atoms. The van der Waals surface area contributed by atoms with Gasteiger partial charge in [-0.05, 0) is 19.8 Å². The number of hydrogen-bond donors (Lipinski definition) is 5. The van der Waals surface area contributed by atoms with Gasteiger partial charge < -0.3 is 22.1 Å². The molecule has 81 valence electrons. The summed E-state index contributed by atoms with van der Waals surface area (Å²) in [5.74, 6) is -0.250. The van der Waals surface area contributed by atoms with Crippen molar-refractivity contribution in [3.05, 3.63) is 6.54 Å². The molecule has 6 heteroatoms. The lowest BCUT2D eigenvalue weighted by molar-refractivity contribution is -0.121. The Labute approximate surface area is 83.9 Å². The Hall–Kier alpha value is -1.30. The van der Waals surface area contributed by atoms with Crippen LogP contribution in [0.5, 0.6) is 0 Å². The van der Waals surface area contributed by atoms with E-state index in [1.165, 1.54) is 0 Å². The highest BCUT2D eigenvalue weighted by Crippen LogP contribution is 1.93. The van der Waals surface area contributed by atoms with Crippen LogP contribution in [-0.4, -0.2) is 24.5 Å². The molecule has 1 atom stereocenters. The van der Waals surface area contributed by atoms with Crippen LogP contribution in [0.1, 0.15) is 19.8 Å². The first-order chi connectivity index (χ1) is 6.57. The first-order valence-electron chi connectivity index (χ1n) is 4.49. The van der Waals surface area contributed by atoms with Crippen LogP contribution < -0.4 is 22.1 Å². The largest absolute Gasteiger partial charge is 0.370 e. The van der Waals surface area contributed by atoms with Gasteiger partial charge in [0.05, 0.1) is 6.04 Å². The van der Waals surface area contributed by atoms with Gasteiger partial charge in [0.25, 0.3) is 0 Å². The Balaban J connectivity index is 3.48. The summed E-state index contributed by atoms with van der Waals surface area (Å²) in [6.45, 7) is 3.84. The minimum absolute atomic E-state index is 0.0649. The molecule has 0 aromatic carbocycles. The average molecular weight is 200 g/mol. The molecular weight excluding hydrogens is 182 g/mol. The predicted octanol–water partition coefficient (Wildman–Crippen LogP) is -1.13. The van der Waals surface area contributed by atoms with E-state index in [0.717, 1.165) is 0 Å². The average Bonchev–Trinajstić information content (AvgIpc) is 2.12. The molecule has 0 heterocycles. The second kappa shape index (κ2) is 7.14. The van der Waals surface area contributed by atoms with Gasteiger partial charge in [0.15, 0.2) is 5.96 Å². The van der Waals surface area contributed by atoms with Crippen molar-refractivity contribution in [2.75, 3.05) is 6.54 Å². The van der Waals surface area contributed by atoms with Crippen LogP contribution >= 0.6 is 0 Å². The normalized spacial score (nSPS) is 11.9. The zero-order valence-electron chi connectivity index (χ0n) is 8.34. The van der Waals surface area contributed by atoms with Gasteiger partial charge in [-0.25, -0.2) is 0 Å². The first kappa shape index (κ1) is 12.7. The van der Waals surface area contributed by atoms with Gasteiger partial charge in [-0.15, -0.1) is 0 Å². The van der Waals surface area contributed by atoms with E-state index in [0.29, 0.717) is 19.4 Å². The molecule has 0 aromatic rings. The number of amides is 1. The van der Waals surface area contributed by atoms with Crippen LogP contribution in [0.4, 0.5) is 0 Å². The molecule has 0 aliphatic rings. The number of carbonyl (C=O) groups excluding carboxylic acids is 1. The second-order valence-electron chi connectivity index (χ2n) is 2.89. The Kier molecular flexibility index (Phi) is 6.47. The molecule has 0 aliphatic heterocycles. The molecule has 1 amide bonds. The zero-order chi connectivity index (χ0) is 11.0. The van der Waals surface area contributed by atoms with Gasteiger partial charge in [-0.2, -0.15) is 0 Å². The summed E-state index contributed by atoms with van der Waals surface area (Å²) in [4.78, 5) is 11.1. The fourth-order valence-corrected chi connectivity index (χ4v) is 0.925. The summed E-state index contributed by atoms with van der Waals surface area (Å²) in [5.41, 5.74) is 10.6. The van der Waals surface area contributed by atoms with Gasteiger partial charge in [0.1, 0.15) is 0 Å². The van der Waals surface area contributed by atoms with Crippen LogP contribution in [0.3, 0.4) is 0 Å². The fourth-order valence-electron chi connectivity index (χ4n) is 0.925. The van der Waals surface area contributed by atoms with E-state index >= 15 is 0 Å². The summed E-state index contributed by atoms with van der Waals surface area (Å²) in [6, 6.07) is -0.500. The molecule has 0 fully saturated rings. The van der Waals surface area contributed by atoms with Crippen LogP contribution in [0.15, 0.2) is 0 Å². The van der Waals surface area contributed by atoms with Crippen molar-refractivity contribution >= 4 is 11.9 Å². The lowest BCUT2D eigenvalue weighted by Crippen LogP contribution is -2.40. The molecule has 0 saturated carbocycles. The Morgan fingerprint density at radius 3 is 2.79 bits per heavy atom. The van der Waals surface area contributed by atoms with Crippen molar-refractivity contribution in [2.24, 2.45) is 11.5 Å². The lowest BCUT2D eigenvalue weighted by Gasteiger charge is -2.10. The topological polar surface area (TPSA) is 117 Å². The Morgan fingerprint density at radius 1 is 1.64 bits per heavy atom. The summed E-state index contributed by atoms with van der Waals surface area (Å²) in [7, 11) is 0. The third kappa shape index (κ3) is 6.24. The first-order valence-corrected chi connectivity index (χ1v) is 4.49. The van der Waals surface area contributed by atoms with Gasteiger partial charge in [0, 0.05) is 13.1 Å². The summed E-state index contributed by atoms with van der Waals surface area (Å²) >= 11 is 0. The van der Waals surface area contributed by atoms with Crippen molar-refractivity contribution < 1.29 is 4.79 Å². The van der Waals surface area contributed by atoms with E-state index in [2.05, 4.69) is 10.6 Å². The minimum atomic E-state index is -0.500. The van der Waals surface area contributed by atoms with Crippen molar-refractivity contribution in [1.29, 1.82) is 5.41 Å². The SMILES string of the molecule is C[CH]NC(=O)C(N)CCCNC(=N)N. The van der Waals surface area contributed by atoms with Crippen molar-refractivity contribution in [3.8, 4) is 0 Å². The van der Waals surface area contributed by atoms with Crippen LogP contribution in [0, 0.1) is 12.0 Å². The highest BCUT2D eigenvalue weighted by atomic mass is 16.2. The molecule has 0 saturated heterocycles. The van der Waals surface area contributed by atoms with Crippen LogP contribution in [0.2, 0.25) is 0 Å². The van der Waals surface area contributed by atoms with E-state index in [1.54, 1.807) is 13.5 Å². The zero-order valence-corrected chi connectivity index (χ0v) is 8.34. The number of carbonyl (C=O) groups is 1. The Morgan fingerprint density at radius 2 is 2.29 bits per heavy atom. The van der Waals surface area contributed by atoms with Crippen LogP contribution in [0.25, 0.3) is 0 Å². The predicted molar refractivity (Wildman–Crippen MR) is 55.2 cm³/mol. The molecule has 0 bridgehead atoms. The lowest BCUT2D eigenvalue weighted by atomic mass is 10.1. The van der Waals surface area contributed by atoms with E-state index < -0.39 is 6.04 Å². The molecular formula is C8H18N5O. The summed E-state index contributed by atoms with van der Waals surface area (Å²) in [5, 5.41) is 12.0. The van der Waals surface area contributed by atoms with Crippen molar-refractivity contribution in [2.45, 2.75) is 25.8 Å². The summed E-state index contributed by atoms with van der Waals surface area (Å²) in [6.07, 6.45) is 1.28. The smallest absolute Gasteiger partial charge is 0.237 e. The standard InChI is InChI=1S/C8H18N5O/c1-2-12-7(14)6(9)4-3-5-13-8(10)11/h2,6H,3-5,9H2,1H3,(H,12,14)(H4,10,11,13). The molecule has 1 unspecified atom stereocenters. The molecule has 6 nitrogen and oxygen atoms in total. The minimum Gasteiger partial charge on any atom is -0.370 e.